The summed E-state index contributed by atoms with van der Waals surface area (Å²) in [5.74, 6) is 0. The monoisotopic (exact) mass is 344 g/mol. The number of rotatable bonds is 19. The van der Waals surface area contributed by atoms with Crippen molar-refractivity contribution in [1.29, 1.82) is 0 Å². The minimum atomic E-state index is 0.444. The number of alkyl halides is 1. The molecular formula is C22H45Cl. The summed E-state index contributed by atoms with van der Waals surface area (Å²) in [6.45, 7) is 4.57. The van der Waals surface area contributed by atoms with Crippen molar-refractivity contribution in [3.05, 3.63) is 0 Å². The van der Waals surface area contributed by atoms with Gasteiger partial charge in [0.1, 0.15) is 0 Å². The van der Waals surface area contributed by atoms with Crippen LogP contribution in [-0.2, 0) is 0 Å². The van der Waals surface area contributed by atoms with E-state index in [2.05, 4.69) is 13.8 Å². The Morgan fingerprint density at radius 1 is 0.435 bits per heavy atom. The van der Waals surface area contributed by atoms with Crippen molar-refractivity contribution in [3.8, 4) is 0 Å². The van der Waals surface area contributed by atoms with Gasteiger partial charge in [-0.1, -0.05) is 123 Å². The van der Waals surface area contributed by atoms with Gasteiger partial charge in [-0.05, 0) is 12.8 Å². The van der Waals surface area contributed by atoms with Crippen LogP contribution in [0.1, 0.15) is 136 Å². The SMILES string of the molecule is CCCCCCCCCCCCC(Cl)CCCCCCCCC. The van der Waals surface area contributed by atoms with Crippen LogP contribution in [0.2, 0.25) is 0 Å². The number of hydrogen-bond acceptors (Lipinski definition) is 0. The second-order valence-corrected chi connectivity index (χ2v) is 8.10. The van der Waals surface area contributed by atoms with Crippen molar-refractivity contribution in [1.82, 2.24) is 0 Å². The maximum absolute atomic E-state index is 6.45. The molecule has 0 aliphatic carbocycles. The van der Waals surface area contributed by atoms with Crippen molar-refractivity contribution < 1.29 is 0 Å². The highest BCUT2D eigenvalue weighted by atomic mass is 35.5. The van der Waals surface area contributed by atoms with Gasteiger partial charge in [0.05, 0.1) is 0 Å². The van der Waals surface area contributed by atoms with Gasteiger partial charge in [-0.15, -0.1) is 11.6 Å². The molecule has 140 valence electrons. The summed E-state index contributed by atoms with van der Waals surface area (Å²) in [4.78, 5) is 0. The molecule has 0 N–H and O–H groups in total. The van der Waals surface area contributed by atoms with Gasteiger partial charge in [0, 0.05) is 5.38 Å². The molecule has 0 radical (unpaired) electrons. The summed E-state index contributed by atoms with van der Waals surface area (Å²) in [6.07, 6.45) is 26.5. The molecule has 0 saturated heterocycles. The molecule has 0 aromatic rings. The molecule has 0 rings (SSSR count). The van der Waals surface area contributed by atoms with Crippen LogP contribution in [0.5, 0.6) is 0 Å². The third-order valence-corrected chi connectivity index (χ3v) is 5.43. The fourth-order valence-corrected chi connectivity index (χ4v) is 3.63. The average Bonchev–Trinajstić information content (AvgIpc) is 2.55. The number of halogens is 1. The minimum Gasteiger partial charge on any atom is -0.123 e. The zero-order chi connectivity index (χ0) is 17.0. The lowest BCUT2D eigenvalue weighted by Crippen LogP contribution is -1.98. The van der Waals surface area contributed by atoms with E-state index in [0.717, 1.165) is 0 Å². The second-order valence-electron chi connectivity index (χ2n) is 7.48. The van der Waals surface area contributed by atoms with Gasteiger partial charge < -0.3 is 0 Å². The molecule has 0 bridgehead atoms. The maximum Gasteiger partial charge on any atom is 0.0336 e. The van der Waals surface area contributed by atoms with Gasteiger partial charge in [-0.3, -0.25) is 0 Å². The first-order valence-corrected chi connectivity index (χ1v) is 11.4. The molecule has 0 aliphatic heterocycles. The molecule has 0 heterocycles. The lowest BCUT2D eigenvalue weighted by Gasteiger charge is -2.09. The molecule has 23 heavy (non-hydrogen) atoms. The molecule has 1 heteroatoms. The standard InChI is InChI=1S/C22H45Cl/c1-3-5-7-9-11-12-13-15-17-19-21-22(23)20-18-16-14-10-8-6-4-2/h22H,3-21H2,1-2H3. The number of hydrogen-bond donors (Lipinski definition) is 0. The quantitative estimate of drug-likeness (QED) is 0.162. The molecule has 0 nitrogen and oxygen atoms in total. The van der Waals surface area contributed by atoms with Gasteiger partial charge >= 0.3 is 0 Å². The highest BCUT2D eigenvalue weighted by molar-refractivity contribution is 6.20. The normalized spacial score (nSPS) is 12.7. The second kappa shape index (κ2) is 20.3. The molecule has 0 fully saturated rings. The molecule has 0 saturated carbocycles. The van der Waals surface area contributed by atoms with E-state index in [4.69, 9.17) is 11.6 Å². The van der Waals surface area contributed by atoms with E-state index >= 15 is 0 Å². The first-order valence-electron chi connectivity index (χ1n) is 10.9. The van der Waals surface area contributed by atoms with Gasteiger partial charge in [-0.2, -0.15) is 0 Å². The third kappa shape index (κ3) is 20.2. The van der Waals surface area contributed by atoms with Gasteiger partial charge in [0.25, 0.3) is 0 Å². The predicted molar refractivity (Wildman–Crippen MR) is 109 cm³/mol. The number of unbranched alkanes of at least 4 members (excludes halogenated alkanes) is 15. The van der Waals surface area contributed by atoms with Gasteiger partial charge in [0.2, 0.25) is 0 Å². The van der Waals surface area contributed by atoms with E-state index in [-0.39, 0.29) is 0 Å². The van der Waals surface area contributed by atoms with Gasteiger partial charge in [-0.25, -0.2) is 0 Å². The summed E-state index contributed by atoms with van der Waals surface area (Å²) in [7, 11) is 0. The molecule has 0 aromatic heterocycles. The van der Waals surface area contributed by atoms with Crippen LogP contribution in [0.3, 0.4) is 0 Å². The Labute approximate surface area is 153 Å². The van der Waals surface area contributed by atoms with E-state index < -0.39 is 0 Å². The Morgan fingerprint density at radius 3 is 1.00 bits per heavy atom. The highest BCUT2D eigenvalue weighted by Gasteiger charge is 2.04. The molecule has 0 spiro atoms. The van der Waals surface area contributed by atoms with Crippen molar-refractivity contribution in [3.63, 3.8) is 0 Å². The van der Waals surface area contributed by atoms with Crippen molar-refractivity contribution in [2.75, 3.05) is 0 Å². The lowest BCUT2D eigenvalue weighted by molar-refractivity contribution is 0.526. The van der Waals surface area contributed by atoms with Crippen LogP contribution < -0.4 is 0 Å². The van der Waals surface area contributed by atoms with Crippen LogP contribution in [-0.4, -0.2) is 5.38 Å². The van der Waals surface area contributed by atoms with E-state index in [9.17, 15) is 0 Å². The Morgan fingerprint density at radius 2 is 0.696 bits per heavy atom. The van der Waals surface area contributed by atoms with Crippen LogP contribution in [0, 0.1) is 0 Å². The molecule has 0 aliphatic rings. The first-order chi connectivity index (χ1) is 11.3. The molecule has 0 aromatic carbocycles. The van der Waals surface area contributed by atoms with Crippen LogP contribution in [0.25, 0.3) is 0 Å². The molecule has 1 unspecified atom stereocenters. The third-order valence-electron chi connectivity index (χ3n) is 4.99. The average molecular weight is 345 g/mol. The van der Waals surface area contributed by atoms with E-state index in [1.165, 1.54) is 122 Å². The Balaban J connectivity index is 3.11. The summed E-state index contributed by atoms with van der Waals surface area (Å²) in [5, 5.41) is 0.444. The topological polar surface area (TPSA) is 0 Å². The van der Waals surface area contributed by atoms with E-state index in [1.54, 1.807) is 0 Å². The van der Waals surface area contributed by atoms with Crippen molar-refractivity contribution in [2.24, 2.45) is 0 Å². The Bertz CT molecular complexity index is 202. The Hall–Kier alpha value is 0.290. The zero-order valence-electron chi connectivity index (χ0n) is 16.4. The van der Waals surface area contributed by atoms with Crippen LogP contribution in [0.15, 0.2) is 0 Å². The summed E-state index contributed by atoms with van der Waals surface area (Å²) in [6, 6.07) is 0. The molecule has 1 atom stereocenters. The highest BCUT2D eigenvalue weighted by Crippen LogP contribution is 2.18. The van der Waals surface area contributed by atoms with Crippen LogP contribution in [0.4, 0.5) is 0 Å². The fraction of sp³-hybridized carbons (Fsp3) is 1.00. The maximum atomic E-state index is 6.45. The molecule has 0 amide bonds. The van der Waals surface area contributed by atoms with E-state index in [0.29, 0.717) is 5.38 Å². The first kappa shape index (κ1) is 23.3. The van der Waals surface area contributed by atoms with Crippen molar-refractivity contribution >= 4 is 11.6 Å². The van der Waals surface area contributed by atoms with Crippen LogP contribution >= 0.6 is 11.6 Å². The summed E-state index contributed by atoms with van der Waals surface area (Å²) < 4.78 is 0. The summed E-state index contributed by atoms with van der Waals surface area (Å²) in [5.41, 5.74) is 0. The largest absolute Gasteiger partial charge is 0.123 e. The smallest absolute Gasteiger partial charge is 0.0336 e. The van der Waals surface area contributed by atoms with Gasteiger partial charge in [0.15, 0.2) is 0 Å². The van der Waals surface area contributed by atoms with Crippen molar-refractivity contribution in [2.45, 2.75) is 141 Å². The zero-order valence-corrected chi connectivity index (χ0v) is 17.1. The lowest BCUT2D eigenvalue weighted by atomic mass is 10.0. The fourth-order valence-electron chi connectivity index (χ4n) is 3.32. The molecular weight excluding hydrogens is 300 g/mol. The predicted octanol–water partition coefficient (Wildman–Crippen LogP) is 9.05. The minimum absolute atomic E-state index is 0.444. The van der Waals surface area contributed by atoms with E-state index in [1.807, 2.05) is 0 Å². The Kier molecular flexibility index (Phi) is 20.6. The summed E-state index contributed by atoms with van der Waals surface area (Å²) >= 11 is 6.45.